The molecule has 0 aromatic heterocycles. The third kappa shape index (κ3) is 2.00. The maximum atomic E-state index is 6.10. The molecule has 2 saturated heterocycles. The van der Waals surface area contributed by atoms with Crippen LogP contribution < -0.4 is 10.6 Å². The normalized spacial score (nSPS) is 25.0. The Kier molecular flexibility index (Phi) is 2.71. The second-order valence-corrected chi connectivity index (χ2v) is 5.34. The number of rotatable bonds is 1. The number of benzene rings is 1. The van der Waals surface area contributed by atoms with Crippen molar-refractivity contribution in [2.75, 3.05) is 36.8 Å². The summed E-state index contributed by atoms with van der Waals surface area (Å²) in [6.45, 7) is 6.88. The van der Waals surface area contributed by atoms with Gasteiger partial charge >= 0.3 is 0 Å². The number of nitrogen functional groups attached to an aromatic ring is 1. The Hall–Kier alpha value is -1.22. The molecule has 2 heterocycles. The largest absolute Gasteiger partial charge is 0.397 e. The molecule has 3 heteroatoms. The number of nitrogens with zero attached hydrogens (tertiary/aromatic N) is 2. The second-order valence-electron chi connectivity index (χ2n) is 5.34. The van der Waals surface area contributed by atoms with Gasteiger partial charge in [-0.1, -0.05) is 6.07 Å². The first-order chi connectivity index (χ1) is 8.24. The van der Waals surface area contributed by atoms with E-state index in [1.165, 1.54) is 37.2 Å². The lowest BCUT2D eigenvalue weighted by atomic mass is 10.1. The van der Waals surface area contributed by atoms with Crippen molar-refractivity contribution in [3.63, 3.8) is 0 Å². The zero-order valence-corrected chi connectivity index (χ0v) is 10.5. The Labute approximate surface area is 103 Å². The molecular weight excluding hydrogens is 210 g/mol. The first-order valence-electron chi connectivity index (χ1n) is 6.59. The minimum Gasteiger partial charge on any atom is -0.397 e. The molecular formula is C14H21N3. The van der Waals surface area contributed by atoms with E-state index >= 15 is 0 Å². The van der Waals surface area contributed by atoms with Gasteiger partial charge in [-0.25, -0.2) is 0 Å². The molecule has 0 amide bonds. The highest BCUT2D eigenvalue weighted by molar-refractivity contribution is 5.68. The monoisotopic (exact) mass is 231 g/mol. The summed E-state index contributed by atoms with van der Waals surface area (Å²) in [5.41, 5.74) is 9.55. The smallest absolute Gasteiger partial charge is 0.0603 e. The molecule has 2 aliphatic heterocycles. The summed E-state index contributed by atoms with van der Waals surface area (Å²) in [6.07, 6.45) is 2.71. The number of nitrogens with two attached hydrogens (primary N) is 1. The summed E-state index contributed by atoms with van der Waals surface area (Å²) >= 11 is 0. The highest BCUT2D eigenvalue weighted by atomic mass is 15.3. The lowest BCUT2D eigenvalue weighted by molar-refractivity contribution is 0.231. The van der Waals surface area contributed by atoms with Gasteiger partial charge in [-0.2, -0.15) is 0 Å². The van der Waals surface area contributed by atoms with Gasteiger partial charge in [0, 0.05) is 25.7 Å². The average Bonchev–Trinajstić information content (AvgIpc) is 2.79. The summed E-state index contributed by atoms with van der Waals surface area (Å²) < 4.78 is 0. The van der Waals surface area contributed by atoms with E-state index in [-0.39, 0.29) is 0 Å². The minimum absolute atomic E-state index is 0.753. The fraction of sp³-hybridized carbons (Fsp3) is 0.571. The molecule has 1 atom stereocenters. The second kappa shape index (κ2) is 4.22. The van der Waals surface area contributed by atoms with Gasteiger partial charge in [0.05, 0.1) is 11.4 Å². The van der Waals surface area contributed by atoms with E-state index in [0.717, 1.165) is 24.8 Å². The molecule has 1 aromatic rings. The van der Waals surface area contributed by atoms with Crippen molar-refractivity contribution in [1.82, 2.24) is 4.90 Å². The Morgan fingerprint density at radius 2 is 2.12 bits per heavy atom. The Morgan fingerprint density at radius 3 is 3.00 bits per heavy atom. The standard InChI is InChI=1S/C14H21N3/c1-11-4-5-13(15)14(9-11)17-8-7-16-6-2-3-12(16)10-17/h4-5,9,12H,2-3,6-8,10,15H2,1H3. The van der Waals surface area contributed by atoms with Gasteiger partial charge in [-0.05, 0) is 44.0 Å². The Balaban J connectivity index is 1.82. The Morgan fingerprint density at radius 1 is 1.24 bits per heavy atom. The van der Waals surface area contributed by atoms with Crippen LogP contribution in [-0.4, -0.2) is 37.1 Å². The van der Waals surface area contributed by atoms with Crippen LogP contribution in [0.5, 0.6) is 0 Å². The van der Waals surface area contributed by atoms with Crippen molar-refractivity contribution in [3.8, 4) is 0 Å². The van der Waals surface area contributed by atoms with Gasteiger partial charge in [0.15, 0.2) is 0 Å². The molecule has 17 heavy (non-hydrogen) atoms. The maximum Gasteiger partial charge on any atom is 0.0603 e. The van der Waals surface area contributed by atoms with E-state index in [1.807, 2.05) is 6.07 Å². The summed E-state index contributed by atoms with van der Waals surface area (Å²) in [7, 11) is 0. The molecule has 3 nitrogen and oxygen atoms in total. The third-order valence-corrected chi connectivity index (χ3v) is 4.11. The summed E-state index contributed by atoms with van der Waals surface area (Å²) in [5, 5.41) is 0. The van der Waals surface area contributed by atoms with Gasteiger partial charge in [0.1, 0.15) is 0 Å². The number of piperazine rings is 1. The molecule has 2 fully saturated rings. The third-order valence-electron chi connectivity index (χ3n) is 4.11. The van der Waals surface area contributed by atoms with Crippen molar-refractivity contribution in [2.24, 2.45) is 0 Å². The van der Waals surface area contributed by atoms with E-state index < -0.39 is 0 Å². The summed E-state index contributed by atoms with van der Waals surface area (Å²) in [4.78, 5) is 5.09. The van der Waals surface area contributed by atoms with Gasteiger partial charge in [0.2, 0.25) is 0 Å². The zero-order valence-electron chi connectivity index (χ0n) is 10.5. The molecule has 0 spiro atoms. The van der Waals surface area contributed by atoms with E-state index in [4.69, 9.17) is 5.73 Å². The first-order valence-corrected chi connectivity index (χ1v) is 6.59. The van der Waals surface area contributed by atoms with Crippen LogP contribution >= 0.6 is 0 Å². The molecule has 3 rings (SSSR count). The van der Waals surface area contributed by atoms with E-state index in [2.05, 4.69) is 28.9 Å². The van der Waals surface area contributed by atoms with Crippen LogP contribution in [0.2, 0.25) is 0 Å². The molecule has 2 aliphatic rings. The van der Waals surface area contributed by atoms with E-state index in [1.54, 1.807) is 0 Å². The van der Waals surface area contributed by atoms with E-state index in [0.29, 0.717) is 0 Å². The van der Waals surface area contributed by atoms with Gasteiger partial charge in [0.25, 0.3) is 0 Å². The molecule has 0 radical (unpaired) electrons. The zero-order chi connectivity index (χ0) is 11.8. The van der Waals surface area contributed by atoms with Crippen LogP contribution in [0.1, 0.15) is 18.4 Å². The first kappa shape index (κ1) is 10.9. The predicted molar refractivity (Wildman–Crippen MR) is 72.4 cm³/mol. The average molecular weight is 231 g/mol. The van der Waals surface area contributed by atoms with Crippen LogP contribution in [0.4, 0.5) is 11.4 Å². The summed E-state index contributed by atoms with van der Waals surface area (Å²) in [6, 6.07) is 7.10. The molecule has 0 bridgehead atoms. The van der Waals surface area contributed by atoms with Crippen LogP contribution in [0.15, 0.2) is 18.2 Å². The fourth-order valence-electron chi connectivity index (χ4n) is 3.14. The van der Waals surface area contributed by atoms with Gasteiger partial charge < -0.3 is 10.6 Å². The number of fused-ring (bicyclic) bond motifs is 1. The molecule has 92 valence electrons. The summed E-state index contributed by atoms with van der Waals surface area (Å²) in [5.74, 6) is 0. The van der Waals surface area contributed by atoms with Crippen LogP contribution in [-0.2, 0) is 0 Å². The van der Waals surface area contributed by atoms with Crippen molar-refractivity contribution in [2.45, 2.75) is 25.8 Å². The number of hydrogen-bond donors (Lipinski definition) is 1. The number of anilines is 2. The highest BCUT2D eigenvalue weighted by Crippen LogP contribution is 2.29. The topological polar surface area (TPSA) is 32.5 Å². The van der Waals surface area contributed by atoms with Crippen LogP contribution in [0, 0.1) is 6.92 Å². The predicted octanol–water partition coefficient (Wildman–Crippen LogP) is 1.86. The van der Waals surface area contributed by atoms with Crippen molar-refractivity contribution < 1.29 is 0 Å². The lowest BCUT2D eigenvalue weighted by Crippen LogP contribution is -2.50. The van der Waals surface area contributed by atoms with Crippen molar-refractivity contribution in [1.29, 1.82) is 0 Å². The molecule has 0 aliphatic carbocycles. The molecule has 1 aromatic carbocycles. The maximum absolute atomic E-state index is 6.10. The molecule has 0 saturated carbocycles. The highest BCUT2D eigenvalue weighted by Gasteiger charge is 2.30. The Bertz CT molecular complexity index is 416. The van der Waals surface area contributed by atoms with Gasteiger partial charge in [-0.15, -0.1) is 0 Å². The van der Waals surface area contributed by atoms with E-state index in [9.17, 15) is 0 Å². The SMILES string of the molecule is Cc1ccc(N)c(N2CCN3CCCC3C2)c1. The molecule has 1 unspecified atom stereocenters. The fourth-order valence-corrected chi connectivity index (χ4v) is 3.14. The van der Waals surface area contributed by atoms with Crippen molar-refractivity contribution >= 4 is 11.4 Å². The number of hydrogen-bond acceptors (Lipinski definition) is 3. The molecule has 2 N–H and O–H groups in total. The lowest BCUT2D eigenvalue weighted by Gasteiger charge is -2.39. The number of aryl methyl sites for hydroxylation is 1. The quantitative estimate of drug-likeness (QED) is 0.749. The minimum atomic E-state index is 0.753. The van der Waals surface area contributed by atoms with Crippen molar-refractivity contribution in [3.05, 3.63) is 23.8 Å². The van der Waals surface area contributed by atoms with Gasteiger partial charge in [-0.3, -0.25) is 4.90 Å². The van der Waals surface area contributed by atoms with Crippen LogP contribution in [0.3, 0.4) is 0 Å². The van der Waals surface area contributed by atoms with Crippen LogP contribution in [0.25, 0.3) is 0 Å².